The Balaban J connectivity index is 1.40. The van der Waals surface area contributed by atoms with Gasteiger partial charge in [-0.2, -0.15) is 0 Å². The topological polar surface area (TPSA) is 118 Å². The SMILES string of the molecule is CC(CNC(=O)c1cnc[nH]1)CN(C)c1ncnc2c1nnn2C1CC1. The molecule has 0 saturated heterocycles. The number of nitrogens with zero attached hydrogens (tertiary/aromatic N) is 7. The Kier molecular flexibility index (Phi) is 4.23. The van der Waals surface area contributed by atoms with E-state index in [0.717, 1.165) is 29.8 Å². The molecule has 3 aromatic heterocycles. The van der Waals surface area contributed by atoms with Gasteiger partial charge in [-0.15, -0.1) is 5.10 Å². The zero-order chi connectivity index (χ0) is 18.1. The van der Waals surface area contributed by atoms with E-state index in [1.165, 1.54) is 12.5 Å². The maximum atomic E-state index is 12.0. The van der Waals surface area contributed by atoms with E-state index in [4.69, 9.17) is 0 Å². The summed E-state index contributed by atoms with van der Waals surface area (Å²) in [7, 11) is 1.96. The Morgan fingerprint density at radius 3 is 3.04 bits per heavy atom. The number of carbonyl (C=O) groups excluding carboxylic acids is 1. The molecule has 3 aromatic rings. The number of amides is 1. The molecule has 0 aliphatic heterocycles. The molecule has 1 aliphatic carbocycles. The number of rotatable bonds is 7. The summed E-state index contributed by atoms with van der Waals surface area (Å²) in [4.78, 5) is 29.4. The normalized spacial score (nSPS) is 15.2. The molecule has 4 rings (SSSR count). The number of fused-ring (bicyclic) bond motifs is 1. The molecule has 1 unspecified atom stereocenters. The quantitative estimate of drug-likeness (QED) is 0.643. The van der Waals surface area contributed by atoms with E-state index >= 15 is 0 Å². The van der Waals surface area contributed by atoms with Gasteiger partial charge in [-0.25, -0.2) is 19.6 Å². The van der Waals surface area contributed by atoms with Gasteiger partial charge in [-0.1, -0.05) is 12.1 Å². The van der Waals surface area contributed by atoms with Gasteiger partial charge in [0.1, 0.15) is 12.0 Å². The van der Waals surface area contributed by atoms with Crippen LogP contribution >= 0.6 is 0 Å². The van der Waals surface area contributed by atoms with Crippen molar-refractivity contribution in [3.8, 4) is 0 Å². The van der Waals surface area contributed by atoms with Gasteiger partial charge in [0.15, 0.2) is 17.0 Å². The van der Waals surface area contributed by atoms with Crippen molar-refractivity contribution in [3.63, 3.8) is 0 Å². The molecule has 1 saturated carbocycles. The number of aromatic amines is 1. The minimum atomic E-state index is -0.159. The number of imidazole rings is 1. The fourth-order valence-corrected chi connectivity index (χ4v) is 2.96. The van der Waals surface area contributed by atoms with Crippen LogP contribution in [0, 0.1) is 5.92 Å². The molecular weight excluding hydrogens is 334 g/mol. The van der Waals surface area contributed by atoms with E-state index < -0.39 is 0 Å². The first-order valence-corrected chi connectivity index (χ1v) is 8.67. The third-order valence-electron chi connectivity index (χ3n) is 4.44. The van der Waals surface area contributed by atoms with Crippen LogP contribution in [0.25, 0.3) is 11.2 Å². The summed E-state index contributed by atoms with van der Waals surface area (Å²) in [6, 6.07) is 0.421. The first kappa shape index (κ1) is 16.4. The predicted molar refractivity (Wildman–Crippen MR) is 94.7 cm³/mol. The highest BCUT2D eigenvalue weighted by molar-refractivity contribution is 5.91. The van der Waals surface area contributed by atoms with Crippen LogP contribution in [-0.4, -0.2) is 61.0 Å². The van der Waals surface area contributed by atoms with Crippen LogP contribution in [0.3, 0.4) is 0 Å². The first-order valence-electron chi connectivity index (χ1n) is 8.67. The Labute approximate surface area is 150 Å². The van der Waals surface area contributed by atoms with Crippen molar-refractivity contribution in [2.75, 3.05) is 25.0 Å². The van der Waals surface area contributed by atoms with Gasteiger partial charge in [0.25, 0.3) is 5.91 Å². The fraction of sp³-hybridized carbons (Fsp3) is 0.500. The second kappa shape index (κ2) is 6.70. The minimum Gasteiger partial charge on any atom is -0.357 e. The Morgan fingerprint density at radius 2 is 2.31 bits per heavy atom. The second-order valence-electron chi connectivity index (χ2n) is 6.80. The lowest BCUT2D eigenvalue weighted by atomic mass is 10.1. The molecule has 10 heteroatoms. The van der Waals surface area contributed by atoms with E-state index in [2.05, 4.69) is 42.5 Å². The number of hydrogen-bond donors (Lipinski definition) is 2. The van der Waals surface area contributed by atoms with Crippen molar-refractivity contribution in [3.05, 3.63) is 24.5 Å². The van der Waals surface area contributed by atoms with Crippen LogP contribution in [0.5, 0.6) is 0 Å². The van der Waals surface area contributed by atoms with E-state index in [9.17, 15) is 4.79 Å². The molecule has 1 fully saturated rings. The van der Waals surface area contributed by atoms with Gasteiger partial charge in [-0.05, 0) is 18.8 Å². The lowest BCUT2D eigenvalue weighted by molar-refractivity contribution is 0.0944. The van der Waals surface area contributed by atoms with Gasteiger partial charge in [0, 0.05) is 20.1 Å². The number of anilines is 1. The van der Waals surface area contributed by atoms with Crippen LogP contribution < -0.4 is 10.2 Å². The summed E-state index contributed by atoms with van der Waals surface area (Å²) in [5, 5.41) is 11.4. The molecule has 2 N–H and O–H groups in total. The molecule has 0 radical (unpaired) electrons. The number of H-pyrrole nitrogens is 1. The molecule has 0 aromatic carbocycles. The van der Waals surface area contributed by atoms with Gasteiger partial charge in [-0.3, -0.25) is 4.79 Å². The molecule has 1 atom stereocenters. The number of nitrogens with one attached hydrogen (secondary N) is 2. The van der Waals surface area contributed by atoms with Crippen molar-refractivity contribution in [2.24, 2.45) is 5.92 Å². The van der Waals surface area contributed by atoms with Crippen molar-refractivity contribution >= 4 is 22.9 Å². The molecule has 26 heavy (non-hydrogen) atoms. The molecule has 3 heterocycles. The molecule has 10 nitrogen and oxygen atoms in total. The van der Waals surface area contributed by atoms with Crippen LogP contribution in [0.4, 0.5) is 5.82 Å². The molecule has 0 spiro atoms. The van der Waals surface area contributed by atoms with E-state index in [-0.39, 0.29) is 11.8 Å². The summed E-state index contributed by atoms with van der Waals surface area (Å²) < 4.78 is 1.89. The average Bonchev–Trinajstić information content (AvgIpc) is 3.16. The standard InChI is InChI=1S/C16H21N9O/c1-10(5-18-16(26)12-6-17-8-19-12)7-24(2)14-13-15(21-9-20-14)25(23-22-13)11-3-4-11/h6,8-11H,3-5,7H2,1-2H3,(H,17,19)(H,18,26). The summed E-state index contributed by atoms with van der Waals surface area (Å²) in [6.07, 6.45) is 6.80. The zero-order valence-corrected chi connectivity index (χ0v) is 14.8. The fourth-order valence-electron chi connectivity index (χ4n) is 2.96. The lowest BCUT2D eigenvalue weighted by Gasteiger charge is -2.22. The molecule has 1 aliphatic rings. The van der Waals surface area contributed by atoms with Crippen LogP contribution in [0.2, 0.25) is 0 Å². The van der Waals surface area contributed by atoms with Crippen LogP contribution in [0.15, 0.2) is 18.9 Å². The Hall–Kier alpha value is -3.04. The summed E-state index contributed by atoms with van der Waals surface area (Å²) >= 11 is 0. The maximum absolute atomic E-state index is 12.0. The minimum absolute atomic E-state index is 0.159. The third-order valence-corrected chi connectivity index (χ3v) is 4.44. The largest absolute Gasteiger partial charge is 0.357 e. The smallest absolute Gasteiger partial charge is 0.269 e. The molecular formula is C16H21N9O. The zero-order valence-electron chi connectivity index (χ0n) is 14.8. The molecule has 1 amide bonds. The predicted octanol–water partition coefficient (Wildman–Crippen LogP) is 0.782. The third kappa shape index (κ3) is 3.22. The molecule has 0 bridgehead atoms. The average molecular weight is 355 g/mol. The Morgan fingerprint density at radius 1 is 1.46 bits per heavy atom. The first-order chi connectivity index (χ1) is 12.6. The highest BCUT2D eigenvalue weighted by atomic mass is 16.1. The van der Waals surface area contributed by atoms with E-state index in [0.29, 0.717) is 24.8 Å². The van der Waals surface area contributed by atoms with Crippen LogP contribution in [0.1, 0.15) is 36.3 Å². The van der Waals surface area contributed by atoms with Crippen molar-refractivity contribution < 1.29 is 4.79 Å². The van der Waals surface area contributed by atoms with Crippen LogP contribution in [-0.2, 0) is 0 Å². The second-order valence-corrected chi connectivity index (χ2v) is 6.80. The molecule has 136 valence electrons. The van der Waals surface area contributed by atoms with Gasteiger partial charge < -0.3 is 15.2 Å². The van der Waals surface area contributed by atoms with E-state index in [1.54, 1.807) is 6.33 Å². The van der Waals surface area contributed by atoms with Crippen molar-refractivity contribution in [1.29, 1.82) is 0 Å². The lowest BCUT2D eigenvalue weighted by Crippen LogP contribution is -2.34. The van der Waals surface area contributed by atoms with E-state index in [1.807, 2.05) is 16.6 Å². The highest BCUT2D eigenvalue weighted by Crippen LogP contribution is 2.36. The summed E-state index contributed by atoms with van der Waals surface area (Å²) in [6.45, 7) is 3.33. The van der Waals surface area contributed by atoms with Crippen molar-refractivity contribution in [2.45, 2.75) is 25.8 Å². The van der Waals surface area contributed by atoms with Gasteiger partial charge in [0.2, 0.25) is 0 Å². The summed E-state index contributed by atoms with van der Waals surface area (Å²) in [5.41, 5.74) is 1.96. The summed E-state index contributed by atoms with van der Waals surface area (Å²) in [5.74, 6) is 0.817. The number of aromatic nitrogens is 7. The number of hydrogen-bond acceptors (Lipinski definition) is 7. The Bertz CT molecular complexity index is 900. The van der Waals surface area contributed by atoms with Crippen molar-refractivity contribution in [1.82, 2.24) is 40.2 Å². The monoisotopic (exact) mass is 355 g/mol. The maximum Gasteiger partial charge on any atom is 0.269 e. The van der Waals surface area contributed by atoms with Gasteiger partial charge in [0.05, 0.1) is 18.6 Å². The highest BCUT2D eigenvalue weighted by Gasteiger charge is 2.28. The van der Waals surface area contributed by atoms with Gasteiger partial charge >= 0.3 is 0 Å². The number of carbonyl (C=O) groups is 1.